The summed E-state index contributed by atoms with van der Waals surface area (Å²) in [5.74, 6) is 0.320. The highest BCUT2D eigenvalue weighted by atomic mass is 32.2. The highest BCUT2D eigenvalue weighted by molar-refractivity contribution is 7.91. The number of hydrogen-bond acceptors (Lipinski definition) is 5. The first-order valence-electron chi connectivity index (χ1n) is 5.94. The van der Waals surface area contributed by atoms with E-state index in [1.165, 1.54) is 13.2 Å². The molecule has 7 heteroatoms. The third-order valence-corrected chi connectivity index (χ3v) is 5.52. The minimum atomic E-state index is -3.33. The van der Waals surface area contributed by atoms with Crippen LogP contribution in [0.4, 0.5) is 0 Å². The van der Waals surface area contributed by atoms with Crippen molar-refractivity contribution in [2.75, 3.05) is 19.5 Å². The first-order valence-corrected chi connectivity index (χ1v) is 7.59. The van der Waals surface area contributed by atoms with E-state index < -0.39 is 15.4 Å². The number of carbonyl (C=O) groups is 1. The summed E-state index contributed by atoms with van der Waals surface area (Å²) in [4.78, 5) is 12.3. The zero-order valence-corrected chi connectivity index (χ0v) is 11.2. The summed E-state index contributed by atoms with van der Waals surface area (Å²) >= 11 is 0. The van der Waals surface area contributed by atoms with Crippen LogP contribution in [0.15, 0.2) is 23.1 Å². The van der Waals surface area contributed by atoms with Gasteiger partial charge in [-0.25, -0.2) is 8.42 Å². The van der Waals surface area contributed by atoms with Crippen molar-refractivity contribution >= 4 is 15.7 Å². The Bertz CT molecular complexity index is 656. The maximum absolute atomic E-state index is 12.1. The van der Waals surface area contributed by atoms with E-state index in [9.17, 15) is 13.2 Å². The Morgan fingerprint density at radius 3 is 2.79 bits per heavy atom. The maximum atomic E-state index is 12.1. The van der Waals surface area contributed by atoms with Gasteiger partial charge in [0.1, 0.15) is 11.3 Å². The minimum absolute atomic E-state index is 0.0350. The molecule has 0 aliphatic carbocycles. The second-order valence-corrected chi connectivity index (χ2v) is 6.77. The van der Waals surface area contributed by atoms with E-state index in [0.29, 0.717) is 18.0 Å². The Kier molecular flexibility index (Phi) is 2.58. The van der Waals surface area contributed by atoms with E-state index in [-0.39, 0.29) is 23.0 Å². The monoisotopic (exact) mass is 282 g/mol. The molecule has 2 aliphatic rings. The van der Waals surface area contributed by atoms with Gasteiger partial charge in [0.05, 0.1) is 24.4 Å². The van der Waals surface area contributed by atoms with Gasteiger partial charge in [-0.1, -0.05) is 0 Å². The van der Waals surface area contributed by atoms with Crippen molar-refractivity contribution in [2.24, 2.45) is 0 Å². The van der Waals surface area contributed by atoms with Gasteiger partial charge in [-0.15, -0.1) is 0 Å². The molecule has 2 N–H and O–H groups in total. The molecule has 1 saturated heterocycles. The van der Waals surface area contributed by atoms with Crippen LogP contribution in [0.25, 0.3) is 0 Å². The molecule has 102 valence electrons. The van der Waals surface area contributed by atoms with Crippen LogP contribution in [0.3, 0.4) is 0 Å². The predicted octanol–water partition coefficient (Wildman–Crippen LogP) is -0.255. The van der Waals surface area contributed by atoms with Crippen LogP contribution in [-0.2, 0) is 20.2 Å². The van der Waals surface area contributed by atoms with E-state index >= 15 is 0 Å². The molecule has 1 unspecified atom stereocenters. The molecule has 19 heavy (non-hydrogen) atoms. The molecular formula is C12H14N2O4S. The quantitative estimate of drug-likeness (QED) is 0.741. The van der Waals surface area contributed by atoms with Crippen LogP contribution in [0.5, 0.6) is 5.75 Å². The molecule has 6 nitrogen and oxygen atoms in total. The van der Waals surface area contributed by atoms with Gasteiger partial charge in [-0.3, -0.25) is 10.1 Å². The van der Waals surface area contributed by atoms with Gasteiger partial charge in [0, 0.05) is 5.56 Å². The summed E-state index contributed by atoms with van der Waals surface area (Å²) < 4.78 is 29.4. The fraction of sp³-hybridized carbons (Fsp3) is 0.417. The van der Waals surface area contributed by atoms with Crippen molar-refractivity contribution < 1.29 is 17.9 Å². The summed E-state index contributed by atoms with van der Waals surface area (Å²) in [5.41, 5.74) is -0.469. The number of sulfone groups is 1. The zero-order valence-electron chi connectivity index (χ0n) is 10.4. The minimum Gasteiger partial charge on any atom is -0.497 e. The smallest absolute Gasteiger partial charge is 0.246 e. The van der Waals surface area contributed by atoms with Crippen LogP contribution in [0.1, 0.15) is 12.0 Å². The number of methoxy groups -OCH3 is 1. The molecule has 1 fully saturated rings. The number of rotatable bonds is 1. The highest BCUT2D eigenvalue weighted by Crippen LogP contribution is 2.40. The third-order valence-electron chi connectivity index (χ3n) is 3.75. The lowest BCUT2D eigenvalue weighted by Crippen LogP contribution is -2.48. The number of hydrogen-bond donors (Lipinski definition) is 2. The van der Waals surface area contributed by atoms with Gasteiger partial charge in [0.2, 0.25) is 5.91 Å². The summed E-state index contributed by atoms with van der Waals surface area (Å²) in [7, 11) is -1.82. The molecule has 1 aromatic rings. The van der Waals surface area contributed by atoms with Gasteiger partial charge < -0.3 is 10.1 Å². The Hall–Kier alpha value is -1.60. The molecule has 2 heterocycles. The van der Waals surface area contributed by atoms with Gasteiger partial charge in [-0.05, 0) is 24.6 Å². The summed E-state index contributed by atoms with van der Waals surface area (Å²) in [6.45, 7) is 0.343. The molecule has 2 aliphatic heterocycles. The Labute approximate surface area is 111 Å². The molecule has 0 bridgehead atoms. The van der Waals surface area contributed by atoms with Crippen LogP contribution in [-0.4, -0.2) is 33.9 Å². The fourth-order valence-corrected chi connectivity index (χ4v) is 4.34. The van der Waals surface area contributed by atoms with Crippen LogP contribution >= 0.6 is 0 Å². The molecule has 1 atom stereocenters. The molecule has 1 amide bonds. The zero-order chi connectivity index (χ0) is 13.7. The van der Waals surface area contributed by atoms with E-state index in [2.05, 4.69) is 10.6 Å². The summed E-state index contributed by atoms with van der Waals surface area (Å²) in [6, 6.07) is 4.74. The molecule has 1 aromatic carbocycles. The lowest BCUT2D eigenvalue weighted by molar-refractivity contribution is -0.124. The van der Waals surface area contributed by atoms with Gasteiger partial charge >= 0.3 is 0 Å². The standard InChI is InChI=1S/C12H14N2O4S/c1-18-8-2-3-10-9(6-8)12(4-5-19(10,16)17)11(15)13-7-14-12/h2-3,6,14H,4-5,7H2,1H3,(H,13,15). The number of ether oxygens (including phenoxy) is 1. The number of fused-ring (bicyclic) bond motifs is 2. The second kappa shape index (κ2) is 3.94. The van der Waals surface area contributed by atoms with E-state index in [1.807, 2.05) is 0 Å². The van der Waals surface area contributed by atoms with Crippen molar-refractivity contribution in [1.82, 2.24) is 10.6 Å². The van der Waals surface area contributed by atoms with Crippen molar-refractivity contribution in [3.63, 3.8) is 0 Å². The van der Waals surface area contributed by atoms with Crippen molar-refractivity contribution in [3.8, 4) is 5.75 Å². The Morgan fingerprint density at radius 1 is 1.37 bits per heavy atom. The van der Waals surface area contributed by atoms with Crippen LogP contribution < -0.4 is 15.4 Å². The first kappa shape index (κ1) is 12.4. The summed E-state index contributed by atoms with van der Waals surface area (Å²) in [6.07, 6.45) is 0.237. The number of amides is 1. The van der Waals surface area contributed by atoms with Gasteiger partial charge in [-0.2, -0.15) is 0 Å². The molecule has 3 rings (SSSR count). The molecule has 0 saturated carbocycles. The topological polar surface area (TPSA) is 84.5 Å². The predicted molar refractivity (Wildman–Crippen MR) is 67.5 cm³/mol. The average molecular weight is 282 g/mol. The molecule has 0 aromatic heterocycles. The Balaban J connectivity index is 2.28. The van der Waals surface area contributed by atoms with Crippen molar-refractivity contribution in [1.29, 1.82) is 0 Å². The third kappa shape index (κ3) is 1.65. The molecular weight excluding hydrogens is 268 g/mol. The van der Waals surface area contributed by atoms with Gasteiger partial charge in [0.15, 0.2) is 9.84 Å². The van der Waals surface area contributed by atoms with E-state index in [4.69, 9.17) is 4.74 Å². The van der Waals surface area contributed by atoms with E-state index in [0.717, 1.165) is 0 Å². The maximum Gasteiger partial charge on any atom is 0.246 e. The SMILES string of the molecule is COc1ccc2c(c1)C1(CCS2(=O)=O)NCNC1=O. The highest BCUT2D eigenvalue weighted by Gasteiger charge is 2.50. The normalized spacial score (nSPS) is 27.9. The Morgan fingerprint density at radius 2 is 2.16 bits per heavy atom. The fourth-order valence-electron chi connectivity index (χ4n) is 2.70. The average Bonchev–Trinajstić information content (AvgIpc) is 2.77. The first-order chi connectivity index (χ1) is 8.99. The van der Waals surface area contributed by atoms with Gasteiger partial charge in [0.25, 0.3) is 0 Å². The lowest BCUT2D eigenvalue weighted by atomic mass is 9.86. The van der Waals surface area contributed by atoms with Crippen LogP contribution in [0.2, 0.25) is 0 Å². The summed E-state index contributed by atoms with van der Waals surface area (Å²) in [5, 5.41) is 5.79. The number of nitrogens with one attached hydrogen (secondary N) is 2. The molecule has 0 radical (unpaired) electrons. The largest absolute Gasteiger partial charge is 0.497 e. The number of carbonyl (C=O) groups excluding carboxylic acids is 1. The molecule has 1 spiro atoms. The van der Waals surface area contributed by atoms with Crippen molar-refractivity contribution in [2.45, 2.75) is 16.9 Å². The number of benzene rings is 1. The second-order valence-electron chi connectivity index (χ2n) is 4.70. The van der Waals surface area contributed by atoms with Crippen LogP contribution in [0, 0.1) is 0 Å². The van der Waals surface area contributed by atoms with Crippen molar-refractivity contribution in [3.05, 3.63) is 23.8 Å². The van der Waals surface area contributed by atoms with E-state index in [1.54, 1.807) is 12.1 Å². The lowest BCUT2D eigenvalue weighted by Gasteiger charge is -2.33.